The van der Waals surface area contributed by atoms with Crippen molar-refractivity contribution in [1.82, 2.24) is 4.90 Å². The fourth-order valence-electron chi connectivity index (χ4n) is 3.24. The summed E-state index contributed by atoms with van der Waals surface area (Å²) in [4.78, 5) is 14.2. The summed E-state index contributed by atoms with van der Waals surface area (Å²) in [5, 5.41) is 0. The largest absolute Gasteiger partial charge is 0.450 e. The molecule has 1 aromatic carbocycles. The van der Waals surface area contributed by atoms with Gasteiger partial charge in [0.15, 0.2) is 0 Å². The van der Waals surface area contributed by atoms with Gasteiger partial charge in [0.2, 0.25) is 0 Å². The highest BCUT2D eigenvalue weighted by Crippen LogP contribution is 2.43. The van der Waals surface area contributed by atoms with Crippen LogP contribution in [0.1, 0.15) is 31.4 Å². The second-order valence-electron chi connectivity index (χ2n) is 5.16. The van der Waals surface area contributed by atoms with Gasteiger partial charge in [-0.2, -0.15) is 0 Å². The first-order valence-corrected chi connectivity index (χ1v) is 6.99. The zero-order chi connectivity index (χ0) is 13.2. The topological polar surface area (TPSA) is 29.5 Å². The molecule has 19 heavy (non-hydrogen) atoms. The second-order valence-corrected chi connectivity index (χ2v) is 5.16. The highest BCUT2D eigenvalue weighted by Gasteiger charge is 2.42. The van der Waals surface area contributed by atoms with E-state index in [0.717, 1.165) is 12.8 Å². The van der Waals surface area contributed by atoms with E-state index in [-0.39, 0.29) is 18.2 Å². The number of hydrogen-bond acceptors (Lipinski definition) is 2. The third kappa shape index (κ3) is 2.14. The Bertz CT molecular complexity index is 483. The Morgan fingerprint density at radius 3 is 2.68 bits per heavy atom. The third-order valence-corrected chi connectivity index (χ3v) is 4.06. The normalized spacial score (nSPS) is 28.5. The fraction of sp³-hybridized carbons (Fsp3) is 0.438. The van der Waals surface area contributed by atoms with E-state index in [2.05, 4.69) is 24.3 Å². The van der Waals surface area contributed by atoms with E-state index in [0.29, 0.717) is 12.5 Å². The first-order valence-electron chi connectivity index (χ1n) is 6.99. The molecule has 4 rings (SSSR count). The van der Waals surface area contributed by atoms with E-state index in [9.17, 15) is 4.79 Å². The van der Waals surface area contributed by atoms with Gasteiger partial charge in [0, 0.05) is 5.92 Å². The number of amides is 1. The Morgan fingerprint density at radius 2 is 2.05 bits per heavy atom. The first kappa shape index (κ1) is 12.3. The average molecular weight is 257 g/mol. The molecule has 2 aliphatic heterocycles. The smallest absolute Gasteiger partial charge is 0.410 e. The highest BCUT2D eigenvalue weighted by atomic mass is 16.6. The van der Waals surface area contributed by atoms with Crippen molar-refractivity contribution in [2.45, 2.75) is 31.8 Å². The van der Waals surface area contributed by atoms with Crippen molar-refractivity contribution in [3.63, 3.8) is 0 Å². The molecule has 1 aliphatic carbocycles. The van der Waals surface area contributed by atoms with Gasteiger partial charge >= 0.3 is 6.09 Å². The lowest BCUT2D eigenvalue weighted by Gasteiger charge is -2.47. The molecule has 3 atom stereocenters. The molecule has 3 heteroatoms. The van der Waals surface area contributed by atoms with E-state index in [1.165, 1.54) is 5.56 Å². The van der Waals surface area contributed by atoms with Gasteiger partial charge in [0.25, 0.3) is 0 Å². The van der Waals surface area contributed by atoms with Crippen molar-refractivity contribution < 1.29 is 9.53 Å². The monoisotopic (exact) mass is 257 g/mol. The number of fused-ring (bicyclic) bond motifs is 2. The van der Waals surface area contributed by atoms with Gasteiger partial charge in [-0.25, -0.2) is 4.79 Å². The van der Waals surface area contributed by atoms with Crippen LogP contribution in [-0.4, -0.2) is 23.6 Å². The summed E-state index contributed by atoms with van der Waals surface area (Å²) >= 11 is 0. The Balaban J connectivity index is 1.95. The number of hydrogen-bond donors (Lipinski definition) is 0. The highest BCUT2D eigenvalue weighted by molar-refractivity contribution is 5.70. The number of ether oxygens (including phenoxy) is 1. The van der Waals surface area contributed by atoms with Gasteiger partial charge in [-0.05, 0) is 25.3 Å². The zero-order valence-electron chi connectivity index (χ0n) is 11.2. The molecule has 3 unspecified atom stereocenters. The molecule has 2 bridgehead atoms. The Morgan fingerprint density at radius 1 is 1.26 bits per heavy atom. The van der Waals surface area contributed by atoms with Crippen LogP contribution < -0.4 is 0 Å². The maximum absolute atomic E-state index is 12.2. The van der Waals surface area contributed by atoms with Crippen LogP contribution >= 0.6 is 0 Å². The van der Waals surface area contributed by atoms with E-state index >= 15 is 0 Å². The Labute approximate surface area is 113 Å². The molecular weight excluding hydrogens is 238 g/mol. The standard InChI is InChI=1S/C16H19NO2/c1-2-19-16(18)17-14-10-8-13(9-11-14)15(17)12-6-4-3-5-7-12/h3-8,10,13-15H,2,9,11H2,1H3. The summed E-state index contributed by atoms with van der Waals surface area (Å²) in [6.45, 7) is 2.28. The number of nitrogens with zero attached hydrogens (tertiary/aromatic N) is 1. The van der Waals surface area contributed by atoms with Crippen molar-refractivity contribution >= 4 is 6.09 Å². The van der Waals surface area contributed by atoms with Crippen LogP contribution in [0.5, 0.6) is 0 Å². The lowest BCUT2D eigenvalue weighted by molar-refractivity contribution is 0.0387. The SMILES string of the molecule is CCOC(=O)N1C2C=CC(CC2)C1c1ccccc1. The molecule has 100 valence electrons. The van der Waals surface area contributed by atoms with E-state index in [1.54, 1.807) is 0 Å². The quantitative estimate of drug-likeness (QED) is 0.758. The number of carbonyl (C=O) groups is 1. The molecule has 1 fully saturated rings. The minimum Gasteiger partial charge on any atom is -0.450 e. The Hall–Kier alpha value is -1.77. The predicted octanol–water partition coefficient (Wildman–Crippen LogP) is 3.53. The molecule has 0 radical (unpaired) electrons. The van der Waals surface area contributed by atoms with Crippen molar-refractivity contribution in [1.29, 1.82) is 0 Å². The van der Waals surface area contributed by atoms with Crippen LogP contribution in [0.2, 0.25) is 0 Å². The number of benzene rings is 1. The zero-order valence-corrected chi connectivity index (χ0v) is 11.2. The molecule has 0 aromatic heterocycles. The van der Waals surface area contributed by atoms with Crippen molar-refractivity contribution in [3.8, 4) is 0 Å². The summed E-state index contributed by atoms with van der Waals surface area (Å²) in [7, 11) is 0. The van der Waals surface area contributed by atoms with Crippen molar-refractivity contribution in [2.75, 3.05) is 6.61 Å². The van der Waals surface area contributed by atoms with Gasteiger partial charge in [0.05, 0.1) is 18.7 Å². The molecule has 0 spiro atoms. The molecule has 0 N–H and O–H groups in total. The number of piperidine rings is 1. The maximum atomic E-state index is 12.2. The molecule has 3 nitrogen and oxygen atoms in total. The van der Waals surface area contributed by atoms with Crippen LogP contribution in [0.3, 0.4) is 0 Å². The molecule has 0 saturated carbocycles. The van der Waals surface area contributed by atoms with Gasteiger partial charge in [0.1, 0.15) is 0 Å². The van der Waals surface area contributed by atoms with Gasteiger partial charge in [-0.3, -0.25) is 4.90 Å². The molecule has 2 heterocycles. The molecular formula is C16H19NO2. The first-order chi connectivity index (χ1) is 9.31. The lowest BCUT2D eigenvalue weighted by atomic mass is 9.77. The maximum Gasteiger partial charge on any atom is 0.410 e. The molecule has 3 aliphatic rings. The summed E-state index contributed by atoms with van der Waals surface area (Å²) in [5.41, 5.74) is 1.20. The predicted molar refractivity (Wildman–Crippen MR) is 73.7 cm³/mol. The molecule has 1 saturated heterocycles. The number of carbonyl (C=O) groups excluding carboxylic acids is 1. The van der Waals surface area contributed by atoms with Crippen molar-refractivity contribution in [2.24, 2.45) is 5.92 Å². The summed E-state index contributed by atoms with van der Waals surface area (Å²) < 4.78 is 5.24. The third-order valence-electron chi connectivity index (χ3n) is 4.06. The lowest BCUT2D eigenvalue weighted by Crippen LogP contribution is -2.50. The van der Waals surface area contributed by atoms with Crippen LogP contribution in [0, 0.1) is 5.92 Å². The van der Waals surface area contributed by atoms with Crippen LogP contribution in [0.15, 0.2) is 42.5 Å². The van der Waals surface area contributed by atoms with Crippen LogP contribution in [0.4, 0.5) is 4.79 Å². The Kier molecular flexibility index (Phi) is 3.28. The molecule has 1 amide bonds. The fourth-order valence-corrected chi connectivity index (χ4v) is 3.24. The minimum absolute atomic E-state index is 0.129. The van der Waals surface area contributed by atoms with E-state index in [1.807, 2.05) is 30.0 Å². The summed E-state index contributed by atoms with van der Waals surface area (Å²) in [6.07, 6.45) is 6.43. The number of rotatable bonds is 2. The summed E-state index contributed by atoms with van der Waals surface area (Å²) in [5.74, 6) is 0.414. The van der Waals surface area contributed by atoms with Gasteiger partial charge < -0.3 is 4.74 Å². The molecule has 1 aromatic rings. The van der Waals surface area contributed by atoms with Gasteiger partial charge in [-0.15, -0.1) is 0 Å². The minimum atomic E-state index is -0.185. The van der Waals surface area contributed by atoms with Crippen LogP contribution in [-0.2, 0) is 4.74 Å². The average Bonchev–Trinajstić information content (AvgIpc) is 2.48. The van der Waals surface area contributed by atoms with Crippen molar-refractivity contribution in [3.05, 3.63) is 48.0 Å². The second kappa shape index (κ2) is 5.08. The van der Waals surface area contributed by atoms with Crippen LogP contribution in [0.25, 0.3) is 0 Å². The van der Waals surface area contributed by atoms with Gasteiger partial charge in [-0.1, -0.05) is 42.5 Å². The summed E-state index contributed by atoms with van der Waals surface area (Å²) in [6, 6.07) is 10.6. The van der Waals surface area contributed by atoms with E-state index in [4.69, 9.17) is 4.74 Å². The van der Waals surface area contributed by atoms with E-state index < -0.39 is 0 Å².